The van der Waals surface area contributed by atoms with E-state index < -0.39 is 24.0 Å². The van der Waals surface area contributed by atoms with Crippen molar-refractivity contribution in [2.75, 3.05) is 0 Å². The molecule has 184 valence electrons. The molecule has 0 unspecified atom stereocenters. The van der Waals surface area contributed by atoms with Crippen LogP contribution in [-0.2, 0) is 22.4 Å². The summed E-state index contributed by atoms with van der Waals surface area (Å²) in [4.78, 5) is 41.6. The molecule has 0 aliphatic rings. The zero-order valence-electron chi connectivity index (χ0n) is 20.2. The second-order valence-corrected chi connectivity index (χ2v) is 9.06. The van der Waals surface area contributed by atoms with E-state index in [1.807, 2.05) is 74.5 Å². The van der Waals surface area contributed by atoms with Crippen LogP contribution in [0.5, 0.6) is 0 Å². The molecule has 2 atom stereocenters. The zero-order chi connectivity index (χ0) is 25.7. The Balaban J connectivity index is 1.55. The van der Waals surface area contributed by atoms with Crippen LogP contribution in [-0.4, -0.2) is 40.0 Å². The topological polar surface area (TPSA) is 111 Å². The molecule has 7 heteroatoms. The summed E-state index contributed by atoms with van der Waals surface area (Å²) < 4.78 is 0. The molecule has 0 bridgehead atoms. The summed E-state index contributed by atoms with van der Waals surface area (Å²) in [7, 11) is 0. The summed E-state index contributed by atoms with van der Waals surface area (Å²) in [6.07, 6.45) is 2.09. The van der Waals surface area contributed by atoms with Crippen molar-refractivity contribution in [3.8, 4) is 0 Å². The number of carboxylic acids is 1. The van der Waals surface area contributed by atoms with Crippen molar-refractivity contribution in [3.63, 3.8) is 0 Å². The molecule has 2 amide bonds. The molecule has 36 heavy (non-hydrogen) atoms. The number of hydrogen-bond acceptors (Lipinski definition) is 3. The summed E-state index contributed by atoms with van der Waals surface area (Å²) in [6.45, 7) is 3.81. The number of aliphatic carboxylic acids is 1. The van der Waals surface area contributed by atoms with E-state index in [0.29, 0.717) is 5.56 Å². The lowest BCUT2D eigenvalue weighted by atomic mass is 10.0. The summed E-state index contributed by atoms with van der Waals surface area (Å²) in [5.41, 5.74) is 4.86. The largest absolute Gasteiger partial charge is 0.480 e. The number of carbonyl (C=O) groups is 3. The molecule has 0 saturated carbocycles. The lowest BCUT2D eigenvalue weighted by Gasteiger charge is -2.22. The molecular weight excluding hydrogens is 454 g/mol. The van der Waals surface area contributed by atoms with Crippen LogP contribution in [0.15, 0.2) is 79.0 Å². The quantitative estimate of drug-likeness (QED) is 0.289. The third-order valence-corrected chi connectivity index (χ3v) is 6.10. The van der Waals surface area contributed by atoms with Gasteiger partial charge in [0.05, 0.1) is 0 Å². The maximum absolute atomic E-state index is 13.4. The van der Waals surface area contributed by atoms with Gasteiger partial charge >= 0.3 is 5.97 Å². The zero-order valence-corrected chi connectivity index (χ0v) is 20.2. The van der Waals surface area contributed by atoms with Crippen molar-refractivity contribution in [2.45, 2.75) is 38.8 Å². The predicted molar refractivity (Wildman–Crippen MR) is 139 cm³/mol. The number of carbonyl (C=O) groups excluding carboxylic acids is 2. The van der Waals surface area contributed by atoms with Gasteiger partial charge in [0.1, 0.15) is 12.1 Å². The van der Waals surface area contributed by atoms with Crippen LogP contribution in [0, 0.1) is 13.8 Å². The number of H-pyrrole nitrogens is 1. The van der Waals surface area contributed by atoms with Gasteiger partial charge in [-0.3, -0.25) is 9.59 Å². The van der Waals surface area contributed by atoms with Crippen molar-refractivity contribution >= 4 is 28.7 Å². The Kier molecular flexibility index (Phi) is 7.49. The highest BCUT2D eigenvalue weighted by Crippen LogP contribution is 2.19. The van der Waals surface area contributed by atoms with Gasteiger partial charge in [-0.2, -0.15) is 0 Å². The van der Waals surface area contributed by atoms with Gasteiger partial charge in [0.25, 0.3) is 5.91 Å². The average Bonchev–Trinajstić information content (AvgIpc) is 3.26. The average molecular weight is 484 g/mol. The fourth-order valence-corrected chi connectivity index (χ4v) is 4.40. The van der Waals surface area contributed by atoms with Crippen LogP contribution in [0.2, 0.25) is 0 Å². The van der Waals surface area contributed by atoms with Gasteiger partial charge in [0, 0.05) is 35.5 Å². The van der Waals surface area contributed by atoms with Crippen molar-refractivity contribution in [1.82, 2.24) is 15.6 Å². The first kappa shape index (κ1) is 24.7. The van der Waals surface area contributed by atoms with Gasteiger partial charge in [-0.15, -0.1) is 0 Å². The molecule has 0 spiro atoms. The fourth-order valence-electron chi connectivity index (χ4n) is 4.40. The minimum Gasteiger partial charge on any atom is -0.480 e. The third-order valence-electron chi connectivity index (χ3n) is 6.10. The van der Waals surface area contributed by atoms with Gasteiger partial charge in [-0.05, 0) is 43.2 Å². The lowest BCUT2D eigenvalue weighted by molar-refractivity contribution is -0.142. The summed E-state index contributed by atoms with van der Waals surface area (Å²) in [5, 5.41) is 16.2. The van der Waals surface area contributed by atoms with E-state index in [1.54, 1.807) is 18.3 Å². The number of nitrogens with one attached hydrogen (secondary N) is 3. The van der Waals surface area contributed by atoms with E-state index in [0.717, 1.165) is 33.2 Å². The maximum Gasteiger partial charge on any atom is 0.326 e. The van der Waals surface area contributed by atoms with Gasteiger partial charge in [0.2, 0.25) is 5.91 Å². The minimum absolute atomic E-state index is 0.105. The first-order chi connectivity index (χ1) is 17.3. The molecule has 7 nitrogen and oxygen atoms in total. The van der Waals surface area contributed by atoms with Gasteiger partial charge in [-0.25, -0.2) is 4.79 Å². The monoisotopic (exact) mass is 483 g/mol. The Morgan fingerprint density at radius 3 is 2.19 bits per heavy atom. The predicted octanol–water partition coefficient (Wildman–Crippen LogP) is 3.94. The summed E-state index contributed by atoms with van der Waals surface area (Å²) in [6, 6.07) is 20.3. The number of fused-ring (bicyclic) bond motifs is 1. The molecule has 3 aromatic carbocycles. The first-order valence-corrected chi connectivity index (χ1v) is 11.8. The molecule has 0 radical (unpaired) electrons. The van der Waals surface area contributed by atoms with Crippen molar-refractivity contribution < 1.29 is 19.5 Å². The molecule has 0 aliphatic carbocycles. The molecule has 1 heterocycles. The molecule has 0 aliphatic heterocycles. The van der Waals surface area contributed by atoms with Crippen LogP contribution < -0.4 is 10.6 Å². The van der Waals surface area contributed by atoms with Crippen molar-refractivity contribution in [1.29, 1.82) is 0 Å². The molecule has 4 N–H and O–H groups in total. The number of hydrogen-bond donors (Lipinski definition) is 4. The number of aromatic amines is 1. The smallest absolute Gasteiger partial charge is 0.326 e. The normalized spacial score (nSPS) is 12.6. The van der Waals surface area contributed by atoms with Gasteiger partial charge < -0.3 is 20.7 Å². The van der Waals surface area contributed by atoms with E-state index in [2.05, 4.69) is 15.6 Å². The summed E-state index contributed by atoms with van der Waals surface area (Å²) in [5.74, 6) is -2.09. The fraction of sp³-hybridized carbons (Fsp3) is 0.207. The highest BCUT2D eigenvalue weighted by atomic mass is 16.4. The highest BCUT2D eigenvalue weighted by Gasteiger charge is 2.28. The van der Waals surface area contributed by atoms with Crippen molar-refractivity contribution in [3.05, 3.63) is 107 Å². The van der Waals surface area contributed by atoms with E-state index >= 15 is 0 Å². The standard InChI is InChI=1S/C29H29N3O4/c1-18-12-19(2)14-21(13-18)27(33)31-25(15-20-8-4-3-5-9-20)28(34)32-26(29(35)36)16-22-17-30-24-11-7-6-10-23(22)24/h3-14,17,25-26,30H,15-16H2,1-2H3,(H,31,33)(H,32,34)(H,35,36)/t25-,26-/m0/s1. The Hall–Kier alpha value is -4.39. The second-order valence-electron chi connectivity index (χ2n) is 9.06. The van der Waals surface area contributed by atoms with Crippen molar-refractivity contribution in [2.24, 2.45) is 0 Å². The molecular formula is C29H29N3O4. The lowest BCUT2D eigenvalue weighted by Crippen LogP contribution is -2.53. The number of para-hydroxylation sites is 1. The number of aryl methyl sites for hydroxylation is 2. The van der Waals surface area contributed by atoms with E-state index in [9.17, 15) is 19.5 Å². The molecule has 0 saturated heterocycles. The summed E-state index contributed by atoms with van der Waals surface area (Å²) >= 11 is 0. The maximum atomic E-state index is 13.4. The molecule has 0 fully saturated rings. The number of carboxylic acid groups (broad SMARTS) is 1. The van der Waals surface area contributed by atoms with Crippen LogP contribution in [0.25, 0.3) is 10.9 Å². The second kappa shape index (κ2) is 10.9. The van der Waals surface area contributed by atoms with Crippen LogP contribution in [0.1, 0.15) is 32.6 Å². The molecule has 4 rings (SSSR count). The Bertz CT molecular complexity index is 1370. The van der Waals surface area contributed by atoms with E-state index in [4.69, 9.17) is 0 Å². The molecule has 4 aromatic rings. The minimum atomic E-state index is -1.16. The Labute approximate surface area is 209 Å². The van der Waals surface area contributed by atoms with E-state index in [-0.39, 0.29) is 18.7 Å². The number of rotatable bonds is 9. The Morgan fingerprint density at radius 2 is 1.50 bits per heavy atom. The van der Waals surface area contributed by atoms with Crippen LogP contribution in [0.3, 0.4) is 0 Å². The highest BCUT2D eigenvalue weighted by molar-refractivity contribution is 5.98. The molecule has 1 aromatic heterocycles. The Morgan fingerprint density at radius 1 is 0.833 bits per heavy atom. The number of amides is 2. The van der Waals surface area contributed by atoms with Gasteiger partial charge in [-0.1, -0.05) is 65.7 Å². The SMILES string of the molecule is Cc1cc(C)cc(C(=O)N[C@@H](Cc2ccccc2)C(=O)N[C@@H](Cc2c[nH]c3ccccc23)C(=O)O)c1. The van der Waals surface area contributed by atoms with Crippen LogP contribution >= 0.6 is 0 Å². The van der Waals surface area contributed by atoms with Gasteiger partial charge in [0.15, 0.2) is 0 Å². The van der Waals surface area contributed by atoms with Crippen LogP contribution in [0.4, 0.5) is 0 Å². The number of aromatic nitrogens is 1. The third kappa shape index (κ3) is 5.99. The van der Waals surface area contributed by atoms with E-state index in [1.165, 1.54) is 0 Å². The number of benzene rings is 3. The first-order valence-electron chi connectivity index (χ1n) is 11.8.